The van der Waals surface area contributed by atoms with E-state index >= 15 is 0 Å². The van der Waals surface area contributed by atoms with Crippen LogP contribution in [0.1, 0.15) is 25.7 Å². The van der Waals surface area contributed by atoms with Crippen LogP contribution in [0.15, 0.2) is 67.3 Å². The number of hydrogen-bond donors (Lipinski definition) is 4. The molecule has 51 heavy (non-hydrogen) atoms. The maximum atomic E-state index is 14.1. The molecule has 0 radical (unpaired) electrons. The lowest BCUT2D eigenvalue weighted by Crippen LogP contribution is -2.57. The van der Waals surface area contributed by atoms with Gasteiger partial charge in [-0.2, -0.15) is 0 Å². The van der Waals surface area contributed by atoms with Gasteiger partial charge in [0.25, 0.3) is 5.91 Å². The van der Waals surface area contributed by atoms with Crippen LogP contribution in [0.4, 0.5) is 0 Å². The highest BCUT2D eigenvalue weighted by Gasteiger charge is 2.62. The summed E-state index contributed by atoms with van der Waals surface area (Å²) in [5, 5.41) is 21.9. The van der Waals surface area contributed by atoms with Gasteiger partial charge in [-0.25, -0.2) is 13.4 Å². The quantitative estimate of drug-likeness (QED) is 0.156. The van der Waals surface area contributed by atoms with Crippen LogP contribution in [0.25, 0.3) is 22.2 Å². The number of amides is 3. The highest BCUT2D eigenvalue weighted by molar-refractivity contribution is 7.91. The molecule has 3 amide bonds. The Bertz CT molecular complexity index is 1900. The predicted octanol–water partition coefficient (Wildman–Crippen LogP) is 1.21. The summed E-state index contributed by atoms with van der Waals surface area (Å²) in [5.74, 6) is -1.32. The number of pyridine rings is 1. The molecule has 14 nitrogen and oxygen atoms in total. The number of aromatic nitrogens is 1. The molecule has 6 rings (SSSR count). The number of fused-ring (bicyclic) bond motifs is 1. The second-order valence-electron chi connectivity index (χ2n) is 13.2. The van der Waals surface area contributed by atoms with Crippen LogP contribution >= 0.6 is 0 Å². The van der Waals surface area contributed by atoms with E-state index in [1.165, 1.54) is 11.0 Å². The average Bonchev–Trinajstić information content (AvgIpc) is 4.05. The molecule has 1 saturated heterocycles. The lowest BCUT2D eigenvalue weighted by molar-refractivity contribution is -0.140. The van der Waals surface area contributed by atoms with Crippen molar-refractivity contribution in [2.45, 2.75) is 48.6 Å². The standard InChI is InChI=1S/C36H43N5O9S/c1-3-24-20-36(24,35(46)39-51(47,48)27-10-11-27)38-34(45)31-18-26(21-41(31)33(44)22-40(13-15-42)14-16-43)50-32-19-29(23-7-5-4-6-8-23)37-30-17-25(49-2)9-12-28(30)32/h3-9,12,17,19,24,26-27,31,42-43H,1,10-11,13-16,18,20-22H2,2H3,(H,38,45)(H,39,46)/t24-,26-,31+,36-/m1/s1. The van der Waals surface area contributed by atoms with Gasteiger partial charge in [-0.1, -0.05) is 36.4 Å². The van der Waals surface area contributed by atoms with E-state index < -0.39 is 56.6 Å². The minimum absolute atomic E-state index is 0.0177. The number of carbonyl (C=O) groups is 3. The van der Waals surface area contributed by atoms with Crippen LogP contribution in [0.5, 0.6) is 11.5 Å². The smallest absolute Gasteiger partial charge is 0.259 e. The van der Waals surface area contributed by atoms with Crippen LogP contribution in [0, 0.1) is 5.92 Å². The Morgan fingerprint density at radius 3 is 2.45 bits per heavy atom. The summed E-state index contributed by atoms with van der Waals surface area (Å²) in [4.78, 5) is 49.1. The van der Waals surface area contributed by atoms with Gasteiger partial charge < -0.3 is 29.9 Å². The predicted molar refractivity (Wildman–Crippen MR) is 188 cm³/mol. The number of ether oxygens (including phenoxy) is 2. The van der Waals surface area contributed by atoms with Crippen LogP contribution < -0.4 is 19.5 Å². The topological polar surface area (TPSA) is 188 Å². The molecule has 4 atom stereocenters. The SMILES string of the molecule is C=C[C@@H]1C[C@]1(NC(=O)[C@@H]1C[C@@H](Oc2cc(-c3ccccc3)nc3cc(OC)ccc23)CN1C(=O)CN(CCO)CCO)C(=O)NS(=O)(=O)C1CC1. The van der Waals surface area contributed by atoms with Gasteiger partial charge in [0.2, 0.25) is 21.8 Å². The molecule has 0 spiro atoms. The van der Waals surface area contributed by atoms with Gasteiger partial charge in [0, 0.05) is 48.5 Å². The van der Waals surface area contributed by atoms with E-state index in [9.17, 15) is 33.0 Å². The number of nitrogens with zero attached hydrogens (tertiary/aromatic N) is 3. The van der Waals surface area contributed by atoms with Crippen molar-refractivity contribution in [1.29, 1.82) is 0 Å². The molecule has 272 valence electrons. The number of methoxy groups -OCH3 is 1. The van der Waals surface area contributed by atoms with Crippen LogP contribution in [-0.4, -0.2) is 121 Å². The minimum atomic E-state index is -3.88. The molecular weight excluding hydrogens is 678 g/mol. The molecule has 3 aromatic rings. The minimum Gasteiger partial charge on any atom is -0.497 e. The first-order chi connectivity index (χ1) is 24.5. The molecule has 2 saturated carbocycles. The van der Waals surface area contributed by atoms with E-state index in [4.69, 9.17) is 14.5 Å². The molecule has 15 heteroatoms. The summed E-state index contributed by atoms with van der Waals surface area (Å²) < 4.78 is 39.4. The Balaban J connectivity index is 1.29. The summed E-state index contributed by atoms with van der Waals surface area (Å²) >= 11 is 0. The lowest BCUT2D eigenvalue weighted by atomic mass is 10.1. The molecule has 2 aromatic carbocycles. The third-order valence-electron chi connectivity index (χ3n) is 9.67. The zero-order valence-electron chi connectivity index (χ0n) is 28.4. The molecule has 1 aliphatic heterocycles. The van der Waals surface area contributed by atoms with Gasteiger partial charge in [-0.05, 0) is 31.4 Å². The number of nitrogens with one attached hydrogen (secondary N) is 2. The van der Waals surface area contributed by atoms with Gasteiger partial charge in [0.15, 0.2) is 0 Å². The highest BCUT2D eigenvalue weighted by Crippen LogP contribution is 2.45. The summed E-state index contributed by atoms with van der Waals surface area (Å²) in [6.07, 6.45) is 1.98. The lowest BCUT2D eigenvalue weighted by Gasteiger charge is -2.28. The second kappa shape index (κ2) is 15.0. The molecular formula is C36H43N5O9S. The van der Waals surface area contributed by atoms with Crippen LogP contribution in [-0.2, 0) is 24.4 Å². The molecule has 4 N–H and O–H groups in total. The van der Waals surface area contributed by atoms with Gasteiger partial charge in [0.1, 0.15) is 29.2 Å². The van der Waals surface area contributed by atoms with Crippen molar-refractivity contribution in [1.82, 2.24) is 24.8 Å². The van der Waals surface area contributed by atoms with Crippen molar-refractivity contribution in [3.63, 3.8) is 0 Å². The Morgan fingerprint density at radius 1 is 1.10 bits per heavy atom. The number of benzene rings is 2. The largest absolute Gasteiger partial charge is 0.497 e. The molecule has 0 unspecified atom stereocenters. The molecule has 1 aromatic heterocycles. The number of aliphatic hydroxyl groups is 2. The number of sulfonamides is 1. The van der Waals surface area contributed by atoms with Gasteiger partial charge in [0.05, 0.1) is 49.9 Å². The number of likely N-dealkylation sites (tertiary alicyclic amines) is 1. The fourth-order valence-electron chi connectivity index (χ4n) is 6.60. The first-order valence-corrected chi connectivity index (χ1v) is 18.5. The summed E-state index contributed by atoms with van der Waals surface area (Å²) in [5.41, 5.74) is 0.592. The first-order valence-electron chi connectivity index (χ1n) is 17.0. The summed E-state index contributed by atoms with van der Waals surface area (Å²) in [7, 11) is -2.32. The van der Waals surface area contributed by atoms with E-state index in [0.29, 0.717) is 40.9 Å². The maximum Gasteiger partial charge on any atom is 0.259 e. The second-order valence-corrected chi connectivity index (χ2v) is 15.2. The van der Waals surface area contributed by atoms with Crippen molar-refractivity contribution in [2.75, 3.05) is 46.5 Å². The van der Waals surface area contributed by atoms with E-state index in [2.05, 4.69) is 16.6 Å². The molecule has 3 aliphatic rings. The number of hydrogen-bond acceptors (Lipinski definition) is 11. The van der Waals surface area contributed by atoms with Crippen molar-refractivity contribution in [2.24, 2.45) is 5.92 Å². The Morgan fingerprint density at radius 2 is 1.82 bits per heavy atom. The fraction of sp³-hybridized carbons (Fsp3) is 0.444. The van der Waals surface area contributed by atoms with E-state index in [1.807, 2.05) is 42.5 Å². The Kier molecular flexibility index (Phi) is 10.6. The first kappa shape index (κ1) is 36.2. The van der Waals surface area contributed by atoms with Gasteiger partial charge >= 0.3 is 0 Å². The third kappa shape index (κ3) is 7.86. The van der Waals surface area contributed by atoms with Crippen molar-refractivity contribution < 1.29 is 42.5 Å². The van der Waals surface area contributed by atoms with E-state index in [0.717, 1.165) is 5.56 Å². The van der Waals surface area contributed by atoms with Crippen molar-refractivity contribution >= 4 is 38.6 Å². The zero-order valence-corrected chi connectivity index (χ0v) is 29.2. The third-order valence-corrected chi connectivity index (χ3v) is 11.5. The number of rotatable bonds is 16. The van der Waals surface area contributed by atoms with Crippen molar-refractivity contribution in [3.8, 4) is 22.8 Å². The fourth-order valence-corrected chi connectivity index (χ4v) is 7.96. The van der Waals surface area contributed by atoms with Crippen LogP contribution in [0.3, 0.4) is 0 Å². The molecule has 2 aliphatic carbocycles. The average molecular weight is 722 g/mol. The highest BCUT2D eigenvalue weighted by atomic mass is 32.2. The monoisotopic (exact) mass is 721 g/mol. The van der Waals surface area contributed by atoms with Gasteiger partial charge in [-0.3, -0.25) is 24.0 Å². The van der Waals surface area contributed by atoms with E-state index in [-0.39, 0.29) is 52.2 Å². The Labute approximate surface area is 296 Å². The summed E-state index contributed by atoms with van der Waals surface area (Å²) in [6.45, 7) is 3.37. The Hall–Kier alpha value is -4.57. The number of aliphatic hydroxyl groups excluding tert-OH is 2. The normalized spacial score (nSPS) is 22.8. The van der Waals surface area contributed by atoms with E-state index in [1.54, 1.807) is 24.1 Å². The van der Waals surface area contributed by atoms with Crippen LogP contribution in [0.2, 0.25) is 0 Å². The van der Waals surface area contributed by atoms with Crippen molar-refractivity contribution in [3.05, 3.63) is 67.3 Å². The molecule has 0 bridgehead atoms. The molecule has 2 heterocycles. The summed E-state index contributed by atoms with van der Waals surface area (Å²) in [6, 6.07) is 15.7. The number of carbonyl (C=O) groups excluding carboxylic acids is 3. The maximum absolute atomic E-state index is 14.1. The molecule has 3 fully saturated rings. The zero-order chi connectivity index (χ0) is 36.3. The van der Waals surface area contributed by atoms with Gasteiger partial charge in [-0.15, -0.1) is 6.58 Å².